The molecule has 2 heterocycles. The maximum atomic E-state index is 10.5. The van der Waals surface area contributed by atoms with Crippen LogP contribution in [0, 0.1) is 5.92 Å². The van der Waals surface area contributed by atoms with E-state index in [1.54, 1.807) is 0 Å². The zero-order chi connectivity index (χ0) is 7.68. The fraction of sp³-hybridized carbons (Fsp3) is 0.857. The van der Waals surface area contributed by atoms with Crippen molar-refractivity contribution in [1.82, 2.24) is 5.06 Å². The summed E-state index contributed by atoms with van der Waals surface area (Å²) in [4.78, 5) is 15.8. The first kappa shape index (κ1) is 7.21. The second-order valence-electron chi connectivity index (χ2n) is 2.88. The Kier molecular flexibility index (Phi) is 1.89. The molecule has 0 spiro atoms. The number of hydrogen-bond donors (Lipinski definition) is 0. The number of fused-ring (bicyclic) bond motifs is 1. The number of carbonyl (C=O) groups excluding carboxylic acids is 1. The van der Waals surface area contributed by atoms with Crippen molar-refractivity contribution in [3.05, 3.63) is 0 Å². The van der Waals surface area contributed by atoms with Crippen LogP contribution in [0.15, 0.2) is 0 Å². The normalized spacial score (nSPS) is 38.5. The summed E-state index contributed by atoms with van der Waals surface area (Å²) in [6.45, 7) is 2.65. The van der Waals surface area contributed by atoms with Crippen molar-refractivity contribution in [1.29, 1.82) is 0 Å². The molecule has 4 nitrogen and oxygen atoms in total. The molecule has 0 N–H and O–H groups in total. The van der Waals surface area contributed by atoms with E-state index < -0.39 is 0 Å². The maximum absolute atomic E-state index is 10.5. The van der Waals surface area contributed by atoms with Crippen LogP contribution in [-0.4, -0.2) is 43.8 Å². The molecule has 62 valence electrons. The third-order valence-corrected chi connectivity index (χ3v) is 2.22. The molecular weight excluding hydrogens is 146 g/mol. The second-order valence-corrected chi connectivity index (χ2v) is 2.88. The van der Waals surface area contributed by atoms with Gasteiger partial charge < -0.3 is 9.53 Å². The summed E-state index contributed by atoms with van der Waals surface area (Å²) >= 11 is 0. The van der Waals surface area contributed by atoms with Gasteiger partial charge in [-0.25, -0.2) is 0 Å². The van der Waals surface area contributed by atoms with Crippen molar-refractivity contribution in [2.24, 2.45) is 5.92 Å². The van der Waals surface area contributed by atoms with Crippen LogP contribution in [-0.2, 0) is 14.4 Å². The lowest BCUT2D eigenvalue weighted by molar-refractivity contribution is -0.175. The van der Waals surface area contributed by atoms with E-state index >= 15 is 0 Å². The number of aldehydes is 1. The first-order valence-corrected chi connectivity index (χ1v) is 3.84. The topological polar surface area (TPSA) is 38.8 Å². The summed E-state index contributed by atoms with van der Waals surface area (Å²) in [6, 6.07) is 0.168. The van der Waals surface area contributed by atoms with Gasteiger partial charge in [0, 0.05) is 6.54 Å². The van der Waals surface area contributed by atoms with Crippen molar-refractivity contribution < 1.29 is 14.4 Å². The highest BCUT2D eigenvalue weighted by atomic mass is 16.7. The van der Waals surface area contributed by atoms with Gasteiger partial charge in [-0.2, -0.15) is 5.06 Å². The fourth-order valence-electron chi connectivity index (χ4n) is 1.53. The molecule has 2 saturated heterocycles. The molecule has 11 heavy (non-hydrogen) atoms. The number of hydroxylamine groups is 2. The molecule has 2 aliphatic heterocycles. The summed E-state index contributed by atoms with van der Waals surface area (Å²) in [5.41, 5.74) is 0. The lowest BCUT2D eigenvalue weighted by Crippen LogP contribution is -2.43. The molecule has 0 aromatic rings. The summed E-state index contributed by atoms with van der Waals surface area (Å²) in [6.07, 6.45) is 0.958. The molecule has 0 aromatic heterocycles. The zero-order valence-corrected chi connectivity index (χ0v) is 6.23. The Bertz CT molecular complexity index is 162. The quantitative estimate of drug-likeness (QED) is 0.479. The average Bonchev–Trinajstić information content (AvgIpc) is 2.47. The highest BCUT2D eigenvalue weighted by molar-refractivity contribution is 5.55. The van der Waals surface area contributed by atoms with Crippen LogP contribution in [0.2, 0.25) is 0 Å². The van der Waals surface area contributed by atoms with E-state index in [0.29, 0.717) is 19.8 Å². The van der Waals surface area contributed by atoms with Crippen molar-refractivity contribution >= 4 is 6.29 Å². The van der Waals surface area contributed by atoms with Gasteiger partial charge in [0.2, 0.25) is 0 Å². The Hall–Kier alpha value is -0.450. The van der Waals surface area contributed by atoms with Crippen LogP contribution in [0.3, 0.4) is 0 Å². The highest BCUT2D eigenvalue weighted by Crippen LogP contribution is 2.22. The second kappa shape index (κ2) is 2.89. The monoisotopic (exact) mass is 157 g/mol. The van der Waals surface area contributed by atoms with E-state index in [4.69, 9.17) is 9.57 Å². The Labute approximate surface area is 65.0 Å². The van der Waals surface area contributed by atoms with Gasteiger partial charge in [0.25, 0.3) is 0 Å². The van der Waals surface area contributed by atoms with Gasteiger partial charge in [-0.1, -0.05) is 0 Å². The van der Waals surface area contributed by atoms with Crippen LogP contribution in [0.4, 0.5) is 0 Å². The van der Waals surface area contributed by atoms with E-state index in [2.05, 4.69) is 0 Å². The average molecular weight is 157 g/mol. The van der Waals surface area contributed by atoms with E-state index in [1.165, 1.54) is 0 Å². The Morgan fingerprint density at radius 2 is 2.36 bits per heavy atom. The molecule has 2 rings (SSSR count). The van der Waals surface area contributed by atoms with Gasteiger partial charge in [0.05, 0.1) is 31.8 Å². The smallest absolute Gasteiger partial charge is 0.127 e. The fourth-order valence-corrected chi connectivity index (χ4v) is 1.53. The standard InChI is InChI=1S/C7H11NO3/c9-3-6-4-11-8-1-2-10-5-7(6)8/h3,6-7H,1-2,4-5H2/t6-,7+/m0/s1. The highest BCUT2D eigenvalue weighted by Gasteiger charge is 2.37. The summed E-state index contributed by atoms with van der Waals surface area (Å²) < 4.78 is 5.23. The van der Waals surface area contributed by atoms with Crippen LogP contribution in [0.1, 0.15) is 0 Å². The van der Waals surface area contributed by atoms with E-state index in [9.17, 15) is 4.79 Å². The number of nitrogens with zero attached hydrogens (tertiary/aromatic N) is 1. The van der Waals surface area contributed by atoms with Gasteiger partial charge in [0.1, 0.15) is 6.29 Å². The summed E-state index contributed by atoms with van der Waals surface area (Å²) in [7, 11) is 0. The molecule has 4 heteroatoms. The SMILES string of the molecule is O=C[C@H]1CON2CCOC[C@H]12. The van der Waals surface area contributed by atoms with Gasteiger partial charge in [-0.05, 0) is 0 Å². The molecule has 0 unspecified atom stereocenters. The van der Waals surface area contributed by atoms with E-state index in [-0.39, 0.29) is 12.0 Å². The van der Waals surface area contributed by atoms with Crippen molar-refractivity contribution in [2.45, 2.75) is 6.04 Å². The van der Waals surface area contributed by atoms with Crippen LogP contribution in [0.5, 0.6) is 0 Å². The van der Waals surface area contributed by atoms with Crippen LogP contribution in [0.25, 0.3) is 0 Å². The first-order valence-electron chi connectivity index (χ1n) is 3.84. The molecule has 2 aliphatic rings. The number of ether oxygens (including phenoxy) is 1. The molecule has 0 radical (unpaired) electrons. The van der Waals surface area contributed by atoms with Crippen LogP contribution < -0.4 is 0 Å². The Morgan fingerprint density at radius 1 is 1.45 bits per heavy atom. The van der Waals surface area contributed by atoms with Gasteiger partial charge in [-0.15, -0.1) is 0 Å². The number of carbonyl (C=O) groups is 1. The molecule has 0 amide bonds. The van der Waals surface area contributed by atoms with Crippen LogP contribution >= 0.6 is 0 Å². The Balaban J connectivity index is 2.03. The molecule has 2 fully saturated rings. The molecular formula is C7H11NO3. The van der Waals surface area contributed by atoms with Gasteiger partial charge in [-0.3, -0.25) is 4.84 Å². The van der Waals surface area contributed by atoms with Crippen molar-refractivity contribution in [3.63, 3.8) is 0 Å². The predicted molar refractivity (Wildman–Crippen MR) is 36.8 cm³/mol. The zero-order valence-electron chi connectivity index (χ0n) is 6.23. The van der Waals surface area contributed by atoms with Crippen molar-refractivity contribution in [3.8, 4) is 0 Å². The number of hydrogen-bond acceptors (Lipinski definition) is 4. The summed E-state index contributed by atoms with van der Waals surface area (Å²) in [5.74, 6) is 0.00954. The van der Waals surface area contributed by atoms with E-state index in [0.717, 1.165) is 12.8 Å². The molecule has 0 aliphatic carbocycles. The third-order valence-electron chi connectivity index (χ3n) is 2.22. The molecule has 2 atom stereocenters. The van der Waals surface area contributed by atoms with Crippen molar-refractivity contribution in [2.75, 3.05) is 26.4 Å². The minimum absolute atomic E-state index is 0.00954. The first-order chi connectivity index (χ1) is 5.42. The van der Waals surface area contributed by atoms with Gasteiger partial charge in [0.15, 0.2) is 0 Å². The lowest BCUT2D eigenvalue weighted by atomic mass is 10.0. The predicted octanol–water partition coefficient (Wildman–Crippen LogP) is -0.553. The number of rotatable bonds is 1. The Morgan fingerprint density at radius 3 is 3.18 bits per heavy atom. The third kappa shape index (κ3) is 1.17. The maximum Gasteiger partial charge on any atom is 0.127 e. The minimum atomic E-state index is 0.00954. The van der Waals surface area contributed by atoms with Gasteiger partial charge >= 0.3 is 0 Å². The molecule has 0 aromatic carbocycles. The largest absolute Gasteiger partial charge is 0.378 e. The lowest BCUT2D eigenvalue weighted by Gasteiger charge is -2.28. The molecule has 0 bridgehead atoms. The summed E-state index contributed by atoms with van der Waals surface area (Å²) in [5, 5.41) is 1.86. The van der Waals surface area contributed by atoms with E-state index in [1.807, 2.05) is 5.06 Å². The number of morpholine rings is 1. The minimum Gasteiger partial charge on any atom is -0.378 e. The molecule has 0 saturated carbocycles.